The maximum atomic E-state index is 12.0. The number of piperazine rings is 1. The number of rotatable bonds is 3. The van der Waals surface area contributed by atoms with Crippen LogP contribution >= 0.6 is 15.9 Å². The van der Waals surface area contributed by atoms with Gasteiger partial charge in [-0.05, 0) is 37.1 Å². The molecule has 114 valence electrons. The largest absolute Gasteiger partial charge is 0.336 e. The van der Waals surface area contributed by atoms with Crippen LogP contribution in [0.15, 0.2) is 28.7 Å². The van der Waals surface area contributed by atoms with Gasteiger partial charge in [0.1, 0.15) is 0 Å². The van der Waals surface area contributed by atoms with Crippen LogP contribution in [0.5, 0.6) is 0 Å². The summed E-state index contributed by atoms with van der Waals surface area (Å²) in [5, 5.41) is 3.15. The second kappa shape index (κ2) is 6.90. The number of likely N-dealkylation sites (tertiary alicyclic amines) is 1. The van der Waals surface area contributed by atoms with Gasteiger partial charge in [0.25, 0.3) is 0 Å². The molecule has 5 heteroatoms. The van der Waals surface area contributed by atoms with E-state index in [1.807, 2.05) is 0 Å². The smallest absolute Gasteiger partial charge is 0.236 e. The molecular formula is C16H22BrN3O. The van der Waals surface area contributed by atoms with Crippen LogP contribution in [0.25, 0.3) is 0 Å². The predicted molar refractivity (Wildman–Crippen MR) is 87.0 cm³/mol. The highest BCUT2D eigenvalue weighted by Gasteiger charge is 2.29. The Labute approximate surface area is 134 Å². The van der Waals surface area contributed by atoms with Crippen LogP contribution in [0.4, 0.5) is 0 Å². The minimum atomic E-state index is 0.260. The number of carbonyl (C=O) groups excluding carboxylic acids is 1. The van der Waals surface area contributed by atoms with Crippen molar-refractivity contribution in [3.63, 3.8) is 0 Å². The van der Waals surface area contributed by atoms with Gasteiger partial charge in [-0.3, -0.25) is 9.69 Å². The third-order valence-corrected chi connectivity index (χ3v) is 4.84. The van der Waals surface area contributed by atoms with E-state index in [-0.39, 0.29) is 5.91 Å². The van der Waals surface area contributed by atoms with Crippen molar-refractivity contribution in [3.05, 3.63) is 34.3 Å². The van der Waals surface area contributed by atoms with Crippen molar-refractivity contribution < 1.29 is 4.79 Å². The SMILES string of the molecule is O=C1CNCCN1C1CCCN(Cc2cccc(Br)c2)C1. The summed E-state index contributed by atoms with van der Waals surface area (Å²) in [7, 11) is 0. The second-order valence-corrected chi connectivity index (χ2v) is 6.84. The van der Waals surface area contributed by atoms with Gasteiger partial charge in [0.05, 0.1) is 6.54 Å². The zero-order valence-corrected chi connectivity index (χ0v) is 13.8. The van der Waals surface area contributed by atoms with E-state index >= 15 is 0 Å². The lowest BCUT2D eigenvalue weighted by Gasteiger charge is -2.41. The summed E-state index contributed by atoms with van der Waals surface area (Å²) in [6.45, 7) is 5.38. The highest BCUT2D eigenvalue weighted by molar-refractivity contribution is 9.10. The van der Waals surface area contributed by atoms with Crippen molar-refractivity contribution in [2.75, 3.05) is 32.7 Å². The van der Waals surface area contributed by atoms with E-state index in [2.05, 4.69) is 55.3 Å². The minimum Gasteiger partial charge on any atom is -0.336 e. The molecule has 0 spiro atoms. The predicted octanol–water partition coefficient (Wildman–Crippen LogP) is 1.85. The summed E-state index contributed by atoms with van der Waals surface area (Å²) in [4.78, 5) is 16.6. The number of hydrogen-bond donors (Lipinski definition) is 1. The highest BCUT2D eigenvalue weighted by Crippen LogP contribution is 2.20. The number of nitrogens with one attached hydrogen (secondary N) is 1. The van der Waals surface area contributed by atoms with Gasteiger partial charge < -0.3 is 10.2 Å². The van der Waals surface area contributed by atoms with E-state index in [0.29, 0.717) is 12.6 Å². The van der Waals surface area contributed by atoms with Crippen LogP contribution in [0.1, 0.15) is 18.4 Å². The Balaban J connectivity index is 1.61. The molecule has 1 aromatic rings. The number of carbonyl (C=O) groups is 1. The molecule has 0 bridgehead atoms. The van der Waals surface area contributed by atoms with E-state index in [4.69, 9.17) is 0 Å². The molecule has 3 rings (SSSR count). The van der Waals surface area contributed by atoms with Crippen molar-refractivity contribution in [1.29, 1.82) is 0 Å². The van der Waals surface area contributed by atoms with E-state index < -0.39 is 0 Å². The van der Waals surface area contributed by atoms with Gasteiger partial charge in [-0.1, -0.05) is 28.1 Å². The molecule has 1 amide bonds. The number of halogens is 1. The van der Waals surface area contributed by atoms with Crippen molar-refractivity contribution in [3.8, 4) is 0 Å². The first-order valence-corrected chi connectivity index (χ1v) is 8.48. The monoisotopic (exact) mass is 351 g/mol. The Morgan fingerprint density at radius 1 is 1.33 bits per heavy atom. The zero-order valence-electron chi connectivity index (χ0n) is 12.2. The Kier molecular flexibility index (Phi) is 4.93. The Morgan fingerprint density at radius 3 is 3.05 bits per heavy atom. The third kappa shape index (κ3) is 3.84. The average molecular weight is 352 g/mol. The first-order valence-electron chi connectivity index (χ1n) is 7.69. The quantitative estimate of drug-likeness (QED) is 0.902. The maximum absolute atomic E-state index is 12.0. The fraction of sp³-hybridized carbons (Fsp3) is 0.562. The Hall–Kier alpha value is -0.910. The fourth-order valence-electron chi connectivity index (χ4n) is 3.33. The molecular weight excluding hydrogens is 330 g/mol. The van der Waals surface area contributed by atoms with Crippen molar-refractivity contribution in [2.24, 2.45) is 0 Å². The van der Waals surface area contributed by atoms with Gasteiger partial charge >= 0.3 is 0 Å². The molecule has 0 saturated carbocycles. The summed E-state index contributed by atoms with van der Waals surface area (Å²) < 4.78 is 1.13. The van der Waals surface area contributed by atoms with E-state index in [0.717, 1.165) is 43.6 Å². The molecule has 1 aromatic carbocycles. The van der Waals surface area contributed by atoms with Crippen LogP contribution in [-0.2, 0) is 11.3 Å². The lowest BCUT2D eigenvalue weighted by molar-refractivity contribution is -0.135. The molecule has 0 aromatic heterocycles. The lowest BCUT2D eigenvalue weighted by atomic mass is 10.0. The molecule has 2 saturated heterocycles. The molecule has 0 aliphatic carbocycles. The zero-order chi connectivity index (χ0) is 14.7. The standard InChI is InChI=1S/C16H22BrN3O/c17-14-4-1-3-13(9-14)11-19-7-2-5-15(12-19)20-8-6-18-10-16(20)21/h1,3-4,9,15,18H,2,5-8,10-12H2. The van der Waals surface area contributed by atoms with Gasteiger partial charge in [0, 0.05) is 36.7 Å². The molecule has 2 heterocycles. The van der Waals surface area contributed by atoms with Gasteiger partial charge in [-0.25, -0.2) is 0 Å². The Morgan fingerprint density at radius 2 is 2.24 bits per heavy atom. The van der Waals surface area contributed by atoms with Crippen LogP contribution in [0.3, 0.4) is 0 Å². The first-order chi connectivity index (χ1) is 10.2. The van der Waals surface area contributed by atoms with Crippen molar-refractivity contribution in [2.45, 2.75) is 25.4 Å². The van der Waals surface area contributed by atoms with Gasteiger partial charge in [0.15, 0.2) is 0 Å². The molecule has 2 aliphatic rings. The molecule has 21 heavy (non-hydrogen) atoms. The minimum absolute atomic E-state index is 0.260. The van der Waals surface area contributed by atoms with E-state index in [9.17, 15) is 4.79 Å². The van der Waals surface area contributed by atoms with E-state index in [1.54, 1.807) is 0 Å². The van der Waals surface area contributed by atoms with Crippen molar-refractivity contribution in [1.82, 2.24) is 15.1 Å². The van der Waals surface area contributed by atoms with E-state index in [1.165, 1.54) is 12.0 Å². The summed E-state index contributed by atoms with van der Waals surface area (Å²) in [5.41, 5.74) is 1.33. The summed E-state index contributed by atoms with van der Waals surface area (Å²) >= 11 is 3.53. The normalized spacial score (nSPS) is 24.3. The van der Waals surface area contributed by atoms with Crippen LogP contribution in [0, 0.1) is 0 Å². The number of nitrogens with zero attached hydrogens (tertiary/aromatic N) is 2. The fourth-order valence-corrected chi connectivity index (χ4v) is 3.78. The summed E-state index contributed by atoms with van der Waals surface area (Å²) in [6.07, 6.45) is 2.32. The van der Waals surface area contributed by atoms with Crippen LogP contribution in [-0.4, -0.2) is 54.5 Å². The number of hydrogen-bond acceptors (Lipinski definition) is 3. The molecule has 1 unspecified atom stereocenters. The van der Waals surface area contributed by atoms with Crippen molar-refractivity contribution >= 4 is 21.8 Å². The second-order valence-electron chi connectivity index (χ2n) is 5.92. The summed E-state index contributed by atoms with van der Waals surface area (Å²) in [6, 6.07) is 8.88. The molecule has 0 radical (unpaired) electrons. The van der Waals surface area contributed by atoms with Gasteiger partial charge in [0.2, 0.25) is 5.91 Å². The topological polar surface area (TPSA) is 35.6 Å². The summed E-state index contributed by atoms with van der Waals surface area (Å²) in [5.74, 6) is 0.260. The maximum Gasteiger partial charge on any atom is 0.236 e. The molecule has 4 nitrogen and oxygen atoms in total. The van der Waals surface area contributed by atoms with Gasteiger partial charge in [-0.15, -0.1) is 0 Å². The first kappa shape index (κ1) is 15.0. The molecule has 1 N–H and O–H groups in total. The Bertz CT molecular complexity index is 508. The number of benzene rings is 1. The third-order valence-electron chi connectivity index (χ3n) is 4.34. The van der Waals surface area contributed by atoms with Gasteiger partial charge in [-0.2, -0.15) is 0 Å². The molecule has 2 fully saturated rings. The molecule has 2 aliphatic heterocycles. The van der Waals surface area contributed by atoms with Crippen LogP contribution in [0.2, 0.25) is 0 Å². The average Bonchev–Trinajstić information content (AvgIpc) is 2.48. The van der Waals surface area contributed by atoms with Crippen LogP contribution < -0.4 is 5.32 Å². The highest BCUT2D eigenvalue weighted by atomic mass is 79.9. The number of piperidine rings is 1. The molecule has 1 atom stereocenters. The number of amides is 1. The lowest BCUT2D eigenvalue weighted by Crippen LogP contribution is -2.56.